The number of aromatic nitrogens is 1. The largest absolute Gasteiger partial charge is 0.496 e. The lowest BCUT2D eigenvalue weighted by atomic mass is 10.2. The zero-order valence-corrected chi connectivity index (χ0v) is 13.1. The highest BCUT2D eigenvalue weighted by Gasteiger charge is 2.20. The summed E-state index contributed by atoms with van der Waals surface area (Å²) in [7, 11) is 1.67. The van der Waals surface area contributed by atoms with Gasteiger partial charge < -0.3 is 10.1 Å². The van der Waals surface area contributed by atoms with Gasteiger partial charge in [-0.15, -0.1) is 11.3 Å². The van der Waals surface area contributed by atoms with Crippen LogP contribution in [0.25, 0.3) is 10.6 Å². The molecule has 0 atom stereocenters. The van der Waals surface area contributed by atoms with Crippen molar-refractivity contribution in [3.8, 4) is 16.3 Å². The van der Waals surface area contributed by atoms with E-state index in [4.69, 9.17) is 4.74 Å². The first kappa shape index (κ1) is 13.1. The average Bonchev–Trinajstić information content (AvgIpc) is 3.13. The number of benzene rings is 1. The van der Waals surface area contributed by atoms with Crippen LogP contribution < -0.4 is 10.1 Å². The number of thiazole rings is 1. The van der Waals surface area contributed by atoms with Gasteiger partial charge in [-0.05, 0) is 47.0 Å². The highest BCUT2D eigenvalue weighted by Crippen LogP contribution is 2.32. The molecular formula is C14H15BrN2OS. The van der Waals surface area contributed by atoms with E-state index in [1.165, 1.54) is 17.7 Å². The number of rotatable bonds is 5. The Morgan fingerprint density at radius 1 is 1.47 bits per heavy atom. The fourth-order valence-electron chi connectivity index (χ4n) is 1.85. The average molecular weight is 339 g/mol. The second-order valence-corrected chi connectivity index (χ2v) is 6.61. The van der Waals surface area contributed by atoms with E-state index < -0.39 is 0 Å². The Hall–Kier alpha value is -0.910. The van der Waals surface area contributed by atoms with Crippen molar-refractivity contribution in [2.75, 3.05) is 7.11 Å². The number of hydrogen-bond donors (Lipinski definition) is 1. The van der Waals surface area contributed by atoms with Crippen LogP contribution in [0.3, 0.4) is 0 Å². The van der Waals surface area contributed by atoms with Crippen molar-refractivity contribution >= 4 is 27.3 Å². The van der Waals surface area contributed by atoms with Crippen molar-refractivity contribution < 1.29 is 4.74 Å². The molecule has 3 nitrogen and oxygen atoms in total. The third-order valence-corrected chi connectivity index (χ3v) is 4.76. The lowest BCUT2D eigenvalue weighted by Crippen LogP contribution is -2.14. The molecule has 1 aliphatic rings. The van der Waals surface area contributed by atoms with E-state index in [0.29, 0.717) is 0 Å². The van der Waals surface area contributed by atoms with Crippen LogP contribution in [0.2, 0.25) is 0 Å². The van der Waals surface area contributed by atoms with Gasteiger partial charge in [0.15, 0.2) is 0 Å². The summed E-state index contributed by atoms with van der Waals surface area (Å²) in [6.07, 6.45) is 4.60. The van der Waals surface area contributed by atoms with Crippen LogP contribution in [-0.2, 0) is 6.54 Å². The van der Waals surface area contributed by atoms with Crippen molar-refractivity contribution in [3.63, 3.8) is 0 Å². The van der Waals surface area contributed by atoms with Crippen molar-refractivity contribution in [1.29, 1.82) is 0 Å². The maximum Gasteiger partial charge on any atom is 0.133 e. The van der Waals surface area contributed by atoms with Gasteiger partial charge in [0.2, 0.25) is 0 Å². The first-order valence-electron chi connectivity index (χ1n) is 6.28. The van der Waals surface area contributed by atoms with Crippen molar-refractivity contribution in [2.45, 2.75) is 25.4 Å². The summed E-state index contributed by atoms with van der Waals surface area (Å²) in [5.41, 5.74) is 1.12. The Bertz CT molecular complexity index is 581. The molecule has 1 fully saturated rings. The molecule has 1 aliphatic carbocycles. The van der Waals surface area contributed by atoms with Gasteiger partial charge in [-0.2, -0.15) is 0 Å². The molecule has 0 amide bonds. The summed E-state index contributed by atoms with van der Waals surface area (Å²) < 4.78 is 6.20. The molecule has 100 valence electrons. The monoisotopic (exact) mass is 338 g/mol. The predicted octanol–water partition coefficient (Wildman–Crippen LogP) is 3.83. The first-order valence-corrected chi connectivity index (χ1v) is 7.89. The quantitative estimate of drug-likeness (QED) is 0.899. The molecule has 1 N–H and O–H groups in total. The third kappa shape index (κ3) is 3.16. The summed E-state index contributed by atoms with van der Waals surface area (Å²) in [5, 5.41) is 4.56. The molecule has 1 heterocycles. The Morgan fingerprint density at radius 3 is 3.00 bits per heavy atom. The first-order chi connectivity index (χ1) is 9.26. The SMILES string of the molecule is COc1ccc(-c2ncc(CNC3CC3)s2)cc1Br. The zero-order chi connectivity index (χ0) is 13.2. The minimum atomic E-state index is 0.737. The highest BCUT2D eigenvalue weighted by atomic mass is 79.9. The number of halogens is 1. The van der Waals surface area contributed by atoms with Gasteiger partial charge in [-0.3, -0.25) is 0 Å². The Morgan fingerprint density at radius 2 is 2.32 bits per heavy atom. The van der Waals surface area contributed by atoms with Gasteiger partial charge in [0.25, 0.3) is 0 Å². The smallest absolute Gasteiger partial charge is 0.133 e. The predicted molar refractivity (Wildman–Crippen MR) is 81.7 cm³/mol. The van der Waals surface area contributed by atoms with Crippen LogP contribution in [0.1, 0.15) is 17.7 Å². The molecule has 1 aromatic carbocycles. The molecule has 0 bridgehead atoms. The summed E-state index contributed by atoms with van der Waals surface area (Å²) in [4.78, 5) is 5.78. The number of nitrogens with one attached hydrogen (secondary N) is 1. The van der Waals surface area contributed by atoms with Crippen molar-refractivity contribution in [2.24, 2.45) is 0 Å². The summed E-state index contributed by atoms with van der Waals surface area (Å²) >= 11 is 5.25. The van der Waals surface area contributed by atoms with Crippen LogP contribution >= 0.6 is 27.3 Å². The van der Waals surface area contributed by atoms with Gasteiger partial charge in [-0.1, -0.05) is 0 Å². The second kappa shape index (κ2) is 5.61. The van der Waals surface area contributed by atoms with Gasteiger partial charge in [0.1, 0.15) is 10.8 Å². The van der Waals surface area contributed by atoms with E-state index in [2.05, 4.69) is 32.3 Å². The molecule has 0 radical (unpaired) electrons. The molecule has 2 aromatic rings. The lowest BCUT2D eigenvalue weighted by molar-refractivity contribution is 0.412. The highest BCUT2D eigenvalue weighted by molar-refractivity contribution is 9.10. The Kier molecular flexibility index (Phi) is 3.86. The molecular weight excluding hydrogens is 324 g/mol. The number of ether oxygens (including phenoxy) is 1. The van der Waals surface area contributed by atoms with Crippen molar-refractivity contribution in [3.05, 3.63) is 33.7 Å². The standard InChI is InChI=1S/C14H15BrN2OS/c1-18-13-5-2-9(6-12(13)15)14-17-8-11(19-14)7-16-10-3-4-10/h2,5-6,8,10,16H,3-4,7H2,1H3. The minimum Gasteiger partial charge on any atom is -0.496 e. The van der Waals surface area contributed by atoms with Gasteiger partial charge >= 0.3 is 0 Å². The van der Waals surface area contributed by atoms with Crippen LogP contribution in [0.15, 0.2) is 28.9 Å². The summed E-state index contributed by atoms with van der Waals surface area (Å²) in [5.74, 6) is 0.843. The summed E-state index contributed by atoms with van der Waals surface area (Å²) in [6, 6.07) is 6.79. The Labute approximate surface area is 125 Å². The van der Waals surface area contributed by atoms with Gasteiger partial charge in [0.05, 0.1) is 11.6 Å². The van der Waals surface area contributed by atoms with Crippen LogP contribution in [0.4, 0.5) is 0 Å². The van der Waals surface area contributed by atoms with E-state index in [1.54, 1.807) is 18.4 Å². The molecule has 3 rings (SSSR count). The molecule has 0 unspecified atom stereocenters. The molecule has 1 aromatic heterocycles. The summed E-state index contributed by atoms with van der Waals surface area (Å²) in [6.45, 7) is 0.930. The number of nitrogens with zero attached hydrogens (tertiary/aromatic N) is 1. The molecule has 19 heavy (non-hydrogen) atoms. The van der Waals surface area contributed by atoms with Gasteiger partial charge in [0, 0.05) is 29.2 Å². The molecule has 5 heteroatoms. The fourth-order valence-corrected chi connectivity index (χ4v) is 3.25. The zero-order valence-electron chi connectivity index (χ0n) is 10.6. The fraction of sp³-hybridized carbons (Fsp3) is 0.357. The second-order valence-electron chi connectivity index (χ2n) is 4.64. The topological polar surface area (TPSA) is 34.1 Å². The maximum absolute atomic E-state index is 5.24. The third-order valence-electron chi connectivity index (χ3n) is 3.09. The van der Waals surface area contributed by atoms with Gasteiger partial charge in [-0.25, -0.2) is 4.98 Å². The molecule has 0 aliphatic heterocycles. The maximum atomic E-state index is 5.24. The Balaban J connectivity index is 1.75. The minimum absolute atomic E-state index is 0.737. The van der Waals surface area contributed by atoms with E-state index >= 15 is 0 Å². The van der Waals surface area contributed by atoms with E-state index in [1.807, 2.05) is 18.3 Å². The molecule has 1 saturated carbocycles. The molecule has 0 saturated heterocycles. The van der Waals surface area contributed by atoms with Crippen LogP contribution in [-0.4, -0.2) is 18.1 Å². The van der Waals surface area contributed by atoms with E-state index in [9.17, 15) is 0 Å². The number of methoxy groups -OCH3 is 1. The normalized spacial score (nSPS) is 14.6. The molecule has 0 spiro atoms. The van der Waals surface area contributed by atoms with E-state index in [-0.39, 0.29) is 0 Å². The van der Waals surface area contributed by atoms with Crippen molar-refractivity contribution in [1.82, 2.24) is 10.3 Å². The van der Waals surface area contributed by atoms with E-state index in [0.717, 1.165) is 33.4 Å². The van der Waals surface area contributed by atoms with Crippen LogP contribution in [0, 0.1) is 0 Å². The lowest BCUT2D eigenvalue weighted by Gasteiger charge is -2.04. The number of hydrogen-bond acceptors (Lipinski definition) is 4. The van der Waals surface area contributed by atoms with Crippen LogP contribution in [0.5, 0.6) is 5.75 Å².